The van der Waals surface area contributed by atoms with E-state index < -0.39 is 11.6 Å². The van der Waals surface area contributed by atoms with Gasteiger partial charge in [-0.2, -0.15) is 0 Å². The van der Waals surface area contributed by atoms with Crippen molar-refractivity contribution >= 4 is 34.9 Å². The number of nitrogens with one attached hydrogen (secondary N) is 1. The summed E-state index contributed by atoms with van der Waals surface area (Å²) in [6.07, 6.45) is 1.21. The second kappa shape index (κ2) is 8.37. The van der Waals surface area contributed by atoms with Gasteiger partial charge in [0.05, 0.1) is 13.7 Å². The van der Waals surface area contributed by atoms with Crippen molar-refractivity contribution in [2.75, 3.05) is 18.6 Å². The zero-order chi connectivity index (χ0) is 23.0. The van der Waals surface area contributed by atoms with E-state index >= 15 is 0 Å². The van der Waals surface area contributed by atoms with E-state index in [4.69, 9.17) is 4.74 Å². The van der Waals surface area contributed by atoms with E-state index in [1.165, 1.54) is 0 Å². The molecule has 5 rings (SSSR count). The maximum absolute atomic E-state index is 13.5. The maximum atomic E-state index is 13.5. The molecule has 0 radical (unpaired) electrons. The van der Waals surface area contributed by atoms with E-state index in [1.54, 1.807) is 47.6 Å². The van der Waals surface area contributed by atoms with Crippen LogP contribution in [0.1, 0.15) is 22.4 Å². The molecule has 2 heterocycles. The summed E-state index contributed by atoms with van der Waals surface area (Å²) >= 11 is 1.54. The van der Waals surface area contributed by atoms with Crippen molar-refractivity contribution in [3.05, 3.63) is 82.0 Å². The van der Waals surface area contributed by atoms with Crippen LogP contribution in [-0.4, -0.2) is 36.4 Å². The highest BCUT2D eigenvalue weighted by molar-refractivity contribution is 7.09. The molecule has 1 saturated heterocycles. The third-order valence-corrected chi connectivity index (χ3v) is 7.16. The largest absolute Gasteiger partial charge is 0.497 e. The average Bonchev–Trinajstić information content (AvgIpc) is 3.54. The number of imide groups is 1. The lowest BCUT2D eigenvalue weighted by Crippen LogP contribution is -2.44. The second-order valence-electron chi connectivity index (χ2n) is 8.14. The van der Waals surface area contributed by atoms with Crippen molar-refractivity contribution in [3.63, 3.8) is 0 Å². The molecule has 33 heavy (non-hydrogen) atoms. The summed E-state index contributed by atoms with van der Waals surface area (Å²) in [7, 11) is 1.58. The maximum Gasteiger partial charge on any atom is 0.325 e. The van der Waals surface area contributed by atoms with Gasteiger partial charge in [0, 0.05) is 10.6 Å². The number of carbonyl (C=O) groups is 3. The Balaban J connectivity index is 1.41. The molecule has 7 nitrogen and oxygen atoms in total. The van der Waals surface area contributed by atoms with Crippen LogP contribution >= 0.6 is 11.3 Å². The van der Waals surface area contributed by atoms with Gasteiger partial charge in [-0.25, -0.2) is 4.79 Å². The van der Waals surface area contributed by atoms with E-state index in [0.717, 1.165) is 20.9 Å². The van der Waals surface area contributed by atoms with E-state index in [-0.39, 0.29) is 18.4 Å². The standard InChI is InChI=1S/C25H23N3O4S/c1-32-19-10-8-18(9-11-19)27(15-20-6-4-14-33-20)22(29)16-28-23(30)25(26-24(28)31)13-12-17-5-2-3-7-21(17)25/h2-11,14H,12-13,15-16H2,1H3,(H,26,31). The Labute approximate surface area is 195 Å². The molecule has 1 unspecified atom stereocenters. The lowest BCUT2D eigenvalue weighted by molar-refractivity contribution is -0.134. The van der Waals surface area contributed by atoms with Crippen LogP contribution < -0.4 is 15.0 Å². The number of hydrogen-bond donors (Lipinski definition) is 1. The summed E-state index contributed by atoms with van der Waals surface area (Å²) in [4.78, 5) is 43.4. The minimum absolute atomic E-state index is 0.327. The number of amides is 4. The third kappa shape index (κ3) is 3.66. The van der Waals surface area contributed by atoms with Gasteiger partial charge >= 0.3 is 6.03 Å². The fourth-order valence-electron chi connectivity index (χ4n) is 4.60. The lowest BCUT2D eigenvalue weighted by Gasteiger charge is -2.25. The van der Waals surface area contributed by atoms with E-state index in [2.05, 4.69) is 5.32 Å². The first kappa shape index (κ1) is 21.2. The molecule has 8 heteroatoms. The predicted octanol–water partition coefficient (Wildman–Crippen LogP) is 3.68. The highest BCUT2D eigenvalue weighted by Gasteiger charge is 2.55. The normalized spacial score (nSPS) is 19.0. The van der Waals surface area contributed by atoms with Gasteiger partial charge in [0.1, 0.15) is 17.8 Å². The van der Waals surface area contributed by atoms with Crippen molar-refractivity contribution in [1.29, 1.82) is 0 Å². The molecule has 1 aliphatic carbocycles. The molecule has 2 aromatic carbocycles. The Kier molecular flexibility index (Phi) is 5.38. The van der Waals surface area contributed by atoms with Crippen LogP contribution in [-0.2, 0) is 28.1 Å². The number of anilines is 1. The molecule has 3 aromatic rings. The number of carbonyl (C=O) groups excluding carboxylic acids is 3. The smallest absolute Gasteiger partial charge is 0.325 e. The molecule has 1 atom stereocenters. The van der Waals surface area contributed by atoms with E-state index in [9.17, 15) is 14.4 Å². The number of fused-ring (bicyclic) bond motifs is 2. The summed E-state index contributed by atoms with van der Waals surface area (Å²) in [5.74, 6) is -0.0183. The monoisotopic (exact) mass is 461 g/mol. The van der Waals surface area contributed by atoms with Crippen LogP contribution in [0.15, 0.2) is 66.0 Å². The Morgan fingerprint density at radius 3 is 2.64 bits per heavy atom. The van der Waals surface area contributed by atoms with Crippen LogP contribution in [0.4, 0.5) is 10.5 Å². The summed E-state index contributed by atoms with van der Waals surface area (Å²) in [5.41, 5.74) is 1.47. The van der Waals surface area contributed by atoms with Crippen molar-refractivity contribution in [3.8, 4) is 5.75 Å². The Hall–Kier alpha value is -3.65. The van der Waals surface area contributed by atoms with Crippen molar-refractivity contribution < 1.29 is 19.1 Å². The topological polar surface area (TPSA) is 79.0 Å². The molecule has 0 bridgehead atoms. The summed E-state index contributed by atoms with van der Waals surface area (Å²) in [6, 6.07) is 18.2. The molecular weight excluding hydrogens is 438 g/mol. The van der Waals surface area contributed by atoms with E-state index in [1.807, 2.05) is 41.8 Å². The number of urea groups is 1. The van der Waals surface area contributed by atoms with Crippen molar-refractivity contribution in [1.82, 2.24) is 10.2 Å². The van der Waals surface area contributed by atoms with Gasteiger partial charge < -0.3 is 15.0 Å². The number of benzene rings is 2. The number of ether oxygens (including phenoxy) is 1. The second-order valence-corrected chi connectivity index (χ2v) is 9.17. The molecule has 2 aliphatic rings. The van der Waals surface area contributed by atoms with Crippen molar-refractivity contribution in [2.24, 2.45) is 0 Å². The third-order valence-electron chi connectivity index (χ3n) is 6.29. The van der Waals surface area contributed by atoms with Gasteiger partial charge in [-0.1, -0.05) is 30.3 Å². The number of nitrogens with zero attached hydrogens (tertiary/aromatic N) is 2. The molecule has 4 amide bonds. The van der Waals surface area contributed by atoms with Crippen molar-refractivity contribution in [2.45, 2.75) is 24.9 Å². The SMILES string of the molecule is COc1ccc(N(Cc2cccs2)C(=O)CN2C(=O)NC3(CCc4ccccc43)C2=O)cc1. The van der Waals surface area contributed by atoms with Gasteiger partial charge in [0.25, 0.3) is 5.91 Å². The highest BCUT2D eigenvalue weighted by Crippen LogP contribution is 2.41. The molecule has 1 N–H and O–H groups in total. The minimum atomic E-state index is -1.08. The van der Waals surface area contributed by atoms with E-state index in [0.29, 0.717) is 30.8 Å². The molecule has 168 valence electrons. The van der Waals surface area contributed by atoms with Gasteiger partial charge in [-0.15, -0.1) is 11.3 Å². The first-order valence-electron chi connectivity index (χ1n) is 10.7. The van der Waals surface area contributed by atoms with Gasteiger partial charge in [-0.05, 0) is 59.7 Å². The lowest BCUT2D eigenvalue weighted by atomic mass is 9.92. The zero-order valence-electron chi connectivity index (χ0n) is 18.1. The van der Waals surface area contributed by atoms with Crippen LogP contribution in [0, 0.1) is 0 Å². The molecule has 0 saturated carbocycles. The quantitative estimate of drug-likeness (QED) is 0.568. The number of hydrogen-bond acceptors (Lipinski definition) is 5. The zero-order valence-corrected chi connectivity index (χ0v) is 18.9. The van der Waals surface area contributed by atoms with Gasteiger partial charge in [0.2, 0.25) is 5.91 Å². The Morgan fingerprint density at radius 1 is 1.12 bits per heavy atom. The number of thiophene rings is 1. The summed E-state index contributed by atoms with van der Waals surface area (Å²) in [5, 5.41) is 4.83. The van der Waals surface area contributed by atoms with Crippen LogP contribution in [0.3, 0.4) is 0 Å². The summed E-state index contributed by atoms with van der Waals surface area (Å²) < 4.78 is 5.23. The first-order valence-corrected chi connectivity index (χ1v) is 11.6. The van der Waals surface area contributed by atoms with Crippen LogP contribution in [0.2, 0.25) is 0 Å². The fourth-order valence-corrected chi connectivity index (χ4v) is 5.29. The molecule has 1 fully saturated rings. The molecule has 1 aromatic heterocycles. The number of methoxy groups -OCH3 is 1. The fraction of sp³-hybridized carbons (Fsp3) is 0.240. The molecule has 1 spiro atoms. The van der Waals surface area contributed by atoms with Gasteiger partial charge in [-0.3, -0.25) is 14.5 Å². The Morgan fingerprint density at radius 2 is 1.91 bits per heavy atom. The first-order chi connectivity index (χ1) is 16.0. The molecule has 1 aliphatic heterocycles. The van der Waals surface area contributed by atoms with Crippen LogP contribution in [0.25, 0.3) is 0 Å². The van der Waals surface area contributed by atoms with Crippen LogP contribution in [0.5, 0.6) is 5.75 Å². The average molecular weight is 462 g/mol. The van der Waals surface area contributed by atoms with Gasteiger partial charge in [0.15, 0.2) is 0 Å². The predicted molar refractivity (Wildman–Crippen MR) is 125 cm³/mol. The highest BCUT2D eigenvalue weighted by atomic mass is 32.1. The summed E-state index contributed by atoms with van der Waals surface area (Å²) in [6.45, 7) is 0.0203. The number of rotatable bonds is 6. The Bertz CT molecular complexity index is 1210. The number of aryl methyl sites for hydroxylation is 1. The minimum Gasteiger partial charge on any atom is -0.497 e. The molecular formula is C25H23N3O4S.